The van der Waals surface area contributed by atoms with Crippen molar-refractivity contribution in [3.63, 3.8) is 0 Å². The van der Waals surface area contributed by atoms with Crippen LogP contribution in [-0.2, 0) is 11.8 Å². The molecular formula is C27H25N9OS. The van der Waals surface area contributed by atoms with E-state index in [1.54, 1.807) is 17.7 Å². The number of ether oxygens (including phenoxy) is 1. The minimum absolute atomic E-state index is 0.431. The number of hydrogen-bond donors (Lipinski definition) is 2. The molecule has 11 heteroatoms. The number of thiophene rings is 1. The maximum Gasteiger partial charge on any atom is 0.233 e. The minimum atomic E-state index is 0.431. The normalized spacial score (nSPS) is 13.9. The fourth-order valence-corrected chi connectivity index (χ4v) is 5.33. The molecule has 1 aliphatic heterocycles. The standard InChI is InChI=1S/C27H25N9OS/c1-34-22-5-3-2-4-21(22)30-27(34)33-26-31-24(23-25(32-26)36(17-28-23)20-10-15-38-16-20)29-18-6-8-19(9-7-18)35-11-13-37-14-12-35/h2-10,15-17H,11-14H2,1H3,(H2,29,30,31,32,33). The summed E-state index contributed by atoms with van der Waals surface area (Å²) in [7, 11) is 1.97. The molecule has 10 nitrogen and oxygen atoms in total. The number of imidazole rings is 2. The average Bonchev–Trinajstić information content (AvgIpc) is 3.70. The highest BCUT2D eigenvalue weighted by Gasteiger charge is 2.17. The fourth-order valence-electron chi connectivity index (χ4n) is 4.70. The van der Waals surface area contributed by atoms with E-state index in [-0.39, 0.29) is 0 Å². The molecule has 190 valence electrons. The average molecular weight is 524 g/mol. The molecule has 7 rings (SSSR count). The van der Waals surface area contributed by atoms with Crippen LogP contribution < -0.4 is 15.5 Å². The van der Waals surface area contributed by atoms with Crippen LogP contribution in [0.5, 0.6) is 0 Å². The molecule has 1 fully saturated rings. The summed E-state index contributed by atoms with van der Waals surface area (Å²) in [6, 6.07) is 18.4. The van der Waals surface area contributed by atoms with Gasteiger partial charge in [-0.05, 0) is 47.8 Å². The lowest BCUT2D eigenvalue weighted by molar-refractivity contribution is 0.122. The van der Waals surface area contributed by atoms with E-state index in [1.807, 2.05) is 51.9 Å². The van der Waals surface area contributed by atoms with Crippen LogP contribution in [0.15, 0.2) is 71.7 Å². The van der Waals surface area contributed by atoms with Crippen molar-refractivity contribution in [2.45, 2.75) is 0 Å². The van der Waals surface area contributed by atoms with E-state index in [0.29, 0.717) is 28.9 Å². The van der Waals surface area contributed by atoms with Gasteiger partial charge in [0.25, 0.3) is 0 Å². The lowest BCUT2D eigenvalue weighted by Crippen LogP contribution is -2.36. The maximum atomic E-state index is 5.48. The maximum absolute atomic E-state index is 5.48. The number of aromatic nitrogens is 6. The molecule has 0 saturated carbocycles. The second kappa shape index (κ2) is 9.43. The van der Waals surface area contributed by atoms with Gasteiger partial charge in [-0.25, -0.2) is 9.97 Å². The molecule has 38 heavy (non-hydrogen) atoms. The highest BCUT2D eigenvalue weighted by molar-refractivity contribution is 7.08. The van der Waals surface area contributed by atoms with Crippen LogP contribution in [0.25, 0.3) is 27.9 Å². The van der Waals surface area contributed by atoms with Gasteiger partial charge in [-0.3, -0.25) is 9.88 Å². The monoisotopic (exact) mass is 523 g/mol. The van der Waals surface area contributed by atoms with E-state index < -0.39 is 0 Å². The van der Waals surface area contributed by atoms with Gasteiger partial charge in [0.2, 0.25) is 11.9 Å². The van der Waals surface area contributed by atoms with E-state index in [9.17, 15) is 0 Å². The lowest BCUT2D eigenvalue weighted by Gasteiger charge is -2.28. The predicted molar refractivity (Wildman–Crippen MR) is 151 cm³/mol. The molecule has 0 radical (unpaired) electrons. The van der Waals surface area contributed by atoms with Crippen molar-refractivity contribution in [1.29, 1.82) is 0 Å². The smallest absolute Gasteiger partial charge is 0.233 e. The molecule has 0 atom stereocenters. The van der Waals surface area contributed by atoms with Gasteiger partial charge in [-0.2, -0.15) is 21.3 Å². The number of hydrogen-bond acceptors (Lipinski definition) is 9. The van der Waals surface area contributed by atoms with Gasteiger partial charge in [-0.1, -0.05) is 12.1 Å². The molecule has 5 heterocycles. The predicted octanol–water partition coefficient (Wildman–Crippen LogP) is 5.09. The highest BCUT2D eigenvalue weighted by atomic mass is 32.1. The molecule has 4 aromatic heterocycles. The number of anilines is 5. The number of fused-ring (bicyclic) bond motifs is 2. The van der Waals surface area contributed by atoms with Crippen molar-refractivity contribution in [1.82, 2.24) is 29.1 Å². The molecule has 6 aromatic rings. The van der Waals surface area contributed by atoms with Crippen molar-refractivity contribution in [2.75, 3.05) is 41.8 Å². The first-order valence-corrected chi connectivity index (χ1v) is 13.3. The lowest BCUT2D eigenvalue weighted by atomic mass is 10.2. The van der Waals surface area contributed by atoms with Crippen molar-refractivity contribution in [2.24, 2.45) is 7.05 Å². The summed E-state index contributed by atoms with van der Waals surface area (Å²) in [6.45, 7) is 3.31. The van der Waals surface area contributed by atoms with Gasteiger partial charge >= 0.3 is 0 Å². The Kier molecular flexibility index (Phi) is 5.64. The summed E-state index contributed by atoms with van der Waals surface area (Å²) in [5.41, 5.74) is 6.42. The molecule has 0 bridgehead atoms. The SMILES string of the molecule is Cn1c(Nc2nc(Nc3ccc(N4CCOCC4)cc3)c3ncn(-c4ccsc4)c3n2)nc2ccccc21. The number of aryl methyl sites for hydroxylation is 1. The summed E-state index contributed by atoms with van der Waals surface area (Å²) in [5, 5.41) is 10.9. The Balaban J connectivity index is 1.27. The third-order valence-electron chi connectivity index (χ3n) is 6.70. The van der Waals surface area contributed by atoms with Gasteiger partial charge in [0, 0.05) is 36.9 Å². The van der Waals surface area contributed by atoms with Gasteiger partial charge in [0.05, 0.1) is 29.9 Å². The van der Waals surface area contributed by atoms with Crippen molar-refractivity contribution >= 4 is 62.6 Å². The summed E-state index contributed by atoms with van der Waals surface area (Å²) in [4.78, 5) is 21.4. The van der Waals surface area contributed by atoms with E-state index in [1.165, 1.54) is 5.69 Å². The van der Waals surface area contributed by atoms with E-state index in [4.69, 9.17) is 19.7 Å². The molecule has 2 aromatic carbocycles. The first kappa shape index (κ1) is 22.7. The molecular weight excluding hydrogens is 498 g/mol. The molecule has 0 amide bonds. The molecule has 1 saturated heterocycles. The Morgan fingerprint density at radius 3 is 2.53 bits per heavy atom. The van der Waals surface area contributed by atoms with Crippen LogP contribution in [0.1, 0.15) is 0 Å². The quantitative estimate of drug-likeness (QED) is 0.312. The second-order valence-electron chi connectivity index (χ2n) is 9.04. The Morgan fingerprint density at radius 1 is 0.895 bits per heavy atom. The van der Waals surface area contributed by atoms with Crippen LogP contribution in [0.2, 0.25) is 0 Å². The topological polar surface area (TPSA) is 98.0 Å². The van der Waals surface area contributed by atoms with Crippen LogP contribution >= 0.6 is 11.3 Å². The number of para-hydroxylation sites is 2. The Morgan fingerprint density at radius 2 is 1.74 bits per heavy atom. The second-order valence-corrected chi connectivity index (χ2v) is 9.82. The molecule has 1 aliphatic rings. The highest BCUT2D eigenvalue weighted by Crippen LogP contribution is 2.29. The number of benzene rings is 2. The summed E-state index contributed by atoms with van der Waals surface area (Å²) in [5.74, 6) is 1.71. The third kappa shape index (κ3) is 4.11. The Bertz CT molecular complexity index is 1720. The van der Waals surface area contributed by atoms with E-state index >= 15 is 0 Å². The summed E-state index contributed by atoms with van der Waals surface area (Å²) >= 11 is 1.63. The van der Waals surface area contributed by atoms with Crippen LogP contribution in [-0.4, -0.2) is 55.4 Å². The van der Waals surface area contributed by atoms with Crippen molar-refractivity contribution in [3.05, 3.63) is 71.7 Å². The van der Waals surface area contributed by atoms with Gasteiger partial charge in [0.1, 0.15) is 6.33 Å². The molecule has 0 aliphatic carbocycles. The number of nitrogens with one attached hydrogen (secondary N) is 2. The van der Waals surface area contributed by atoms with Crippen LogP contribution in [0, 0.1) is 0 Å². The Labute approximate surface area is 222 Å². The number of rotatable bonds is 6. The first-order valence-electron chi connectivity index (χ1n) is 12.4. The Hall–Kier alpha value is -4.48. The largest absolute Gasteiger partial charge is 0.378 e. The summed E-state index contributed by atoms with van der Waals surface area (Å²) < 4.78 is 9.45. The minimum Gasteiger partial charge on any atom is -0.378 e. The fraction of sp³-hybridized carbons (Fsp3) is 0.185. The van der Waals surface area contributed by atoms with Crippen LogP contribution in [0.3, 0.4) is 0 Å². The van der Waals surface area contributed by atoms with Crippen molar-refractivity contribution in [3.8, 4) is 5.69 Å². The first-order chi connectivity index (χ1) is 18.7. The third-order valence-corrected chi connectivity index (χ3v) is 7.37. The summed E-state index contributed by atoms with van der Waals surface area (Å²) in [6.07, 6.45) is 1.78. The number of nitrogens with zero attached hydrogens (tertiary/aromatic N) is 7. The number of morpholine rings is 1. The van der Waals surface area contributed by atoms with Crippen molar-refractivity contribution < 1.29 is 4.74 Å². The zero-order valence-electron chi connectivity index (χ0n) is 20.7. The van der Waals surface area contributed by atoms with Gasteiger partial charge < -0.3 is 19.5 Å². The molecule has 0 spiro atoms. The zero-order chi connectivity index (χ0) is 25.5. The van der Waals surface area contributed by atoms with E-state index in [0.717, 1.165) is 48.7 Å². The zero-order valence-corrected chi connectivity index (χ0v) is 21.5. The van der Waals surface area contributed by atoms with Crippen LogP contribution in [0.4, 0.5) is 29.1 Å². The van der Waals surface area contributed by atoms with Gasteiger partial charge in [-0.15, -0.1) is 0 Å². The van der Waals surface area contributed by atoms with E-state index in [2.05, 4.69) is 50.2 Å². The molecule has 2 N–H and O–H groups in total. The molecule has 0 unspecified atom stereocenters. The van der Waals surface area contributed by atoms with Gasteiger partial charge in [0.15, 0.2) is 17.0 Å².